The number of piperazine rings is 1. The first-order valence-electron chi connectivity index (χ1n) is 13.4. The number of nitrogen functional groups attached to an aromatic ring is 1. The number of likely N-dealkylation sites (tertiary alicyclic amines) is 1. The summed E-state index contributed by atoms with van der Waals surface area (Å²) < 4.78 is 78.6. The van der Waals surface area contributed by atoms with E-state index < -0.39 is 35.0 Å². The summed E-state index contributed by atoms with van der Waals surface area (Å²) in [5, 5.41) is 3.48. The Morgan fingerprint density at radius 3 is 2.46 bits per heavy atom. The van der Waals surface area contributed by atoms with Crippen molar-refractivity contribution in [3.8, 4) is 17.3 Å². The van der Waals surface area contributed by atoms with Crippen molar-refractivity contribution in [3.05, 3.63) is 34.1 Å². The zero-order valence-electron chi connectivity index (χ0n) is 22.4. The second kappa shape index (κ2) is 10.4. The molecule has 2 unspecified atom stereocenters. The first kappa shape index (κ1) is 28.1. The number of fused-ring (bicyclic) bond motifs is 3. The largest absolute Gasteiger partial charge is 0.462 e. The second-order valence-corrected chi connectivity index (χ2v) is 11.5. The molecule has 41 heavy (non-hydrogen) atoms. The number of anilines is 2. The summed E-state index contributed by atoms with van der Waals surface area (Å²) in [6, 6.07) is 2.48. The summed E-state index contributed by atoms with van der Waals surface area (Å²) in [6.07, 6.45) is -3.61. The van der Waals surface area contributed by atoms with Crippen molar-refractivity contribution in [1.29, 1.82) is 0 Å². The van der Waals surface area contributed by atoms with E-state index in [1.807, 2.05) is 9.80 Å². The molecule has 2 bridgehead atoms. The minimum atomic E-state index is -4.85. The molecule has 3 fully saturated rings. The maximum absolute atomic E-state index is 16.4. The Kier molecular flexibility index (Phi) is 7.10. The normalized spacial score (nSPS) is 24.9. The molecule has 0 aliphatic carbocycles. The lowest BCUT2D eigenvalue weighted by Gasteiger charge is -2.34. The van der Waals surface area contributed by atoms with Crippen molar-refractivity contribution >= 4 is 34.1 Å². The van der Waals surface area contributed by atoms with Gasteiger partial charge in [-0.15, -0.1) is 0 Å². The van der Waals surface area contributed by atoms with Gasteiger partial charge in [0.2, 0.25) is 0 Å². The molecule has 3 N–H and O–H groups in total. The van der Waals surface area contributed by atoms with Gasteiger partial charge in [0.25, 0.3) is 0 Å². The number of nitrogens with zero attached hydrogens (tertiary/aromatic N) is 5. The number of benzene rings is 1. The molecule has 1 aromatic carbocycles. The third kappa shape index (κ3) is 5.23. The van der Waals surface area contributed by atoms with Gasteiger partial charge in [0.1, 0.15) is 29.9 Å². The van der Waals surface area contributed by atoms with E-state index in [4.69, 9.17) is 22.1 Å². The number of hydrogen-bond acceptors (Lipinski definition) is 8. The number of rotatable bonds is 5. The van der Waals surface area contributed by atoms with Crippen LogP contribution in [0.25, 0.3) is 22.2 Å². The summed E-state index contributed by atoms with van der Waals surface area (Å²) in [7, 11) is 1.78. The maximum atomic E-state index is 16.4. The van der Waals surface area contributed by atoms with Gasteiger partial charge in [-0.2, -0.15) is 23.1 Å². The SMILES string of the molecule is Cc1cc(N)nc(-c2c(Cl)cc3c(N4CC5CCC(C4)N5)nc(OC[C@@H]4C[C@@H](F)CN4C)nc3c2F)c1C(F)(F)F. The molecule has 3 aliphatic rings. The zero-order chi connectivity index (χ0) is 29.2. The number of nitrogens with one attached hydrogen (secondary N) is 1. The highest BCUT2D eigenvalue weighted by molar-refractivity contribution is 6.34. The lowest BCUT2D eigenvalue weighted by atomic mass is 9.99. The van der Waals surface area contributed by atoms with Gasteiger partial charge in [-0.1, -0.05) is 11.6 Å². The van der Waals surface area contributed by atoms with Crippen LogP contribution >= 0.6 is 11.6 Å². The number of pyridine rings is 1. The third-order valence-electron chi connectivity index (χ3n) is 8.16. The van der Waals surface area contributed by atoms with E-state index in [1.54, 1.807) is 7.05 Å². The fourth-order valence-corrected chi connectivity index (χ4v) is 6.55. The number of aryl methyl sites for hydroxylation is 1. The van der Waals surface area contributed by atoms with Gasteiger partial charge >= 0.3 is 12.2 Å². The van der Waals surface area contributed by atoms with Crippen LogP contribution < -0.4 is 20.7 Å². The van der Waals surface area contributed by atoms with Crippen LogP contribution in [0.15, 0.2) is 12.1 Å². The molecule has 220 valence electrons. The molecule has 8 nitrogen and oxygen atoms in total. The molecule has 0 spiro atoms. The number of nitrogens with two attached hydrogens (primary N) is 1. The van der Waals surface area contributed by atoms with Crippen LogP contribution in [-0.2, 0) is 6.18 Å². The van der Waals surface area contributed by atoms with Gasteiger partial charge in [0.15, 0.2) is 5.82 Å². The highest BCUT2D eigenvalue weighted by Crippen LogP contribution is 2.45. The molecule has 6 rings (SSSR count). The molecule has 2 aromatic heterocycles. The van der Waals surface area contributed by atoms with E-state index in [0.717, 1.165) is 18.9 Å². The molecule has 3 aliphatic heterocycles. The minimum absolute atomic E-state index is 0.0604. The van der Waals surface area contributed by atoms with E-state index >= 15 is 4.39 Å². The molecule has 4 atom stereocenters. The summed E-state index contributed by atoms with van der Waals surface area (Å²) in [5.74, 6) is -0.938. The molecule has 3 saturated heterocycles. The fraction of sp³-hybridized carbons (Fsp3) is 0.519. The quantitative estimate of drug-likeness (QED) is 0.407. The Balaban J connectivity index is 1.51. The topological polar surface area (TPSA) is 92.4 Å². The van der Waals surface area contributed by atoms with Crippen LogP contribution in [0.5, 0.6) is 6.01 Å². The molecular weight excluding hydrogens is 569 g/mol. The lowest BCUT2D eigenvalue weighted by Crippen LogP contribution is -2.51. The van der Waals surface area contributed by atoms with Gasteiger partial charge < -0.3 is 20.7 Å². The van der Waals surface area contributed by atoms with Gasteiger partial charge in [-0.3, -0.25) is 4.90 Å². The van der Waals surface area contributed by atoms with Crippen LogP contribution in [0, 0.1) is 12.7 Å². The predicted octanol–water partition coefficient (Wildman–Crippen LogP) is 4.76. The standard InChI is InChI=1S/C27H29ClF5N7O/c1-12-5-19(34)36-24(21(12)27(31,32)33)20-18(28)7-17-23(22(20)30)37-26(41-11-16-6-13(29)8-39(16)2)38-25(17)40-9-14-3-4-15(10-40)35-14/h5,7,13-16,35H,3-4,6,8-11H2,1-2H3,(H2,34,36)/t13-,14?,15?,16+/m1/s1. The molecular formula is C27H29ClF5N7O. The van der Waals surface area contributed by atoms with E-state index in [2.05, 4.69) is 20.3 Å². The van der Waals surface area contributed by atoms with Crippen molar-refractivity contribution in [2.24, 2.45) is 0 Å². The van der Waals surface area contributed by atoms with Gasteiger partial charge in [-0.25, -0.2) is 13.8 Å². The fourth-order valence-electron chi connectivity index (χ4n) is 6.27. The van der Waals surface area contributed by atoms with Gasteiger partial charge in [0, 0.05) is 43.1 Å². The average Bonchev–Trinajstić information content (AvgIpc) is 3.39. The van der Waals surface area contributed by atoms with Crippen LogP contribution in [-0.4, -0.2) is 77.4 Å². The summed E-state index contributed by atoms with van der Waals surface area (Å²) >= 11 is 6.52. The lowest BCUT2D eigenvalue weighted by molar-refractivity contribution is -0.137. The minimum Gasteiger partial charge on any atom is -0.462 e. The van der Waals surface area contributed by atoms with Crippen molar-refractivity contribution in [1.82, 2.24) is 25.2 Å². The number of halogens is 6. The Morgan fingerprint density at radius 2 is 1.83 bits per heavy atom. The number of hydrogen-bond donors (Lipinski definition) is 2. The zero-order valence-corrected chi connectivity index (χ0v) is 23.2. The molecule has 0 saturated carbocycles. The van der Waals surface area contributed by atoms with Crippen molar-refractivity contribution in [2.75, 3.05) is 43.9 Å². The summed E-state index contributed by atoms with van der Waals surface area (Å²) in [5.41, 5.74) is 2.90. The van der Waals surface area contributed by atoms with E-state index in [-0.39, 0.29) is 71.0 Å². The van der Waals surface area contributed by atoms with E-state index in [9.17, 15) is 17.6 Å². The Morgan fingerprint density at radius 1 is 1.12 bits per heavy atom. The van der Waals surface area contributed by atoms with Gasteiger partial charge in [-0.05, 0) is 50.9 Å². The van der Waals surface area contributed by atoms with Crippen molar-refractivity contribution in [2.45, 2.75) is 56.7 Å². The van der Waals surface area contributed by atoms with Crippen LogP contribution in [0.4, 0.5) is 33.6 Å². The van der Waals surface area contributed by atoms with Gasteiger partial charge in [0.05, 0.1) is 21.8 Å². The molecule has 14 heteroatoms. The summed E-state index contributed by atoms with van der Waals surface area (Å²) in [6.45, 7) is 2.74. The third-order valence-corrected chi connectivity index (χ3v) is 8.46. The highest BCUT2D eigenvalue weighted by atomic mass is 35.5. The average molecular weight is 598 g/mol. The number of alkyl halides is 4. The highest BCUT2D eigenvalue weighted by Gasteiger charge is 2.39. The van der Waals surface area contributed by atoms with E-state index in [0.29, 0.717) is 18.9 Å². The molecule has 3 aromatic rings. The number of ether oxygens (including phenoxy) is 1. The van der Waals surface area contributed by atoms with Crippen molar-refractivity contribution in [3.63, 3.8) is 0 Å². The predicted molar refractivity (Wildman–Crippen MR) is 145 cm³/mol. The molecule has 0 radical (unpaired) electrons. The van der Waals surface area contributed by atoms with Crippen LogP contribution in [0.1, 0.15) is 30.4 Å². The molecule has 5 heterocycles. The second-order valence-electron chi connectivity index (χ2n) is 11.1. The molecule has 0 amide bonds. The number of likely N-dealkylation sites (N-methyl/N-ethyl adjacent to an activating group) is 1. The Labute approximate surface area is 238 Å². The number of aromatic nitrogens is 3. The first-order chi connectivity index (χ1) is 19.4. The van der Waals surface area contributed by atoms with Crippen LogP contribution in [0.2, 0.25) is 5.02 Å². The van der Waals surface area contributed by atoms with Crippen molar-refractivity contribution < 1.29 is 26.7 Å². The smallest absolute Gasteiger partial charge is 0.418 e. The maximum Gasteiger partial charge on any atom is 0.418 e. The Hall–Kier alpha value is -3.03. The Bertz CT molecular complexity index is 1490. The van der Waals surface area contributed by atoms with E-state index in [1.165, 1.54) is 13.0 Å². The summed E-state index contributed by atoms with van der Waals surface area (Å²) in [4.78, 5) is 16.6. The first-order valence-corrected chi connectivity index (χ1v) is 13.8. The van der Waals surface area contributed by atoms with Crippen LogP contribution in [0.3, 0.4) is 0 Å². The monoisotopic (exact) mass is 597 g/mol.